The van der Waals surface area contributed by atoms with Gasteiger partial charge in [0, 0.05) is 25.4 Å². The van der Waals surface area contributed by atoms with Crippen LogP contribution in [0.2, 0.25) is 0 Å². The Morgan fingerprint density at radius 1 is 1.50 bits per heavy atom. The van der Waals surface area contributed by atoms with E-state index < -0.39 is 11.9 Å². The van der Waals surface area contributed by atoms with Crippen molar-refractivity contribution >= 4 is 5.91 Å². The molecule has 0 fully saturated rings. The van der Waals surface area contributed by atoms with Crippen molar-refractivity contribution in [2.45, 2.75) is 33.4 Å². The summed E-state index contributed by atoms with van der Waals surface area (Å²) >= 11 is 0. The first-order chi connectivity index (χ1) is 9.25. The topological polar surface area (TPSA) is 82.2 Å². The highest BCUT2D eigenvalue weighted by molar-refractivity contribution is 6.00. The number of aromatic nitrogens is 2. The number of rotatable bonds is 2. The number of nitrogens with zero attached hydrogens (tertiary/aromatic N) is 4. The second-order valence-corrected chi connectivity index (χ2v) is 6.10. The zero-order valence-electron chi connectivity index (χ0n) is 12.1. The van der Waals surface area contributed by atoms with E-state index in [2.05, 4.69) is 5.10 Å². The standard InChI is InChI=1S/C14H18N4O2/c1-14(2,3)12-11(19)10(5-15)13(20)18(12)8-9-6-16-17(4)7-9/h6-7,12,19H,8H2,1-4H3/t12-/m1/s1. The Kier molecular flexibility index (Phi) is 3.30. The first kappa shape index (κ1) is 14.1. The molecular weight excluding hydrogens is 256 g/mol. The normalized spacial score (nSPS) is 19.6. The molecule has 0 spiro atoms. The van der Waals surface area contributed by atoms with Crippen LogP contribution in [0.5, 0.6) is 0 Å². The van der Waals surface area contributed by atoms with Crippen LogP contribution in [0.25, 0.3) is 0 Å². The van der Waals surface area contributed by atoms with Crippen LogP contribution in [0.4, 0.5) is 0 Å². The van der Waals surface area contributed by atoms with Gasteiger partial charge in [-0.1, -0.05) is 20.8 Å². The summed E-state index contributed by atoms with van der Waals surface area (Å²) in [5.41, 5.74) is 0.344. The number of aryl methyl sites for hydroxylation is 1. The number of aliphatic hydroxyl groups excluding tert-OH is 1. The molecule has 2 rings (SSSR count). The van der Waals surface area contributed by atoms with Crippen molar-refractivity contribution in [1.29, 1.82) is 5.26 Å². The van der Waals surface area contributed by atoms with Gasteiger partial charge in [-0.2, -0.15) is 10.4 Å². The number of aliphatic hydroxyl groups is 1. The van der Waals surface area contributed by atoms with E-state index in [4.69, 9.17) is 5.26 Å². The molecule has 0 radical (unpaired) electrons. The Morgan fingerprint density at radius 3 is 2.60 bits per heavy atom. The van der Waals surface area contributed by atoms with Gasteiger partial charge in [-0.15, -0.1) is 0 Å². The highest BCUT2D eigenvalue weighted by Crippen LogP contribution is 2.36. The molecule has 0 bridgehead atoms. The van der Waals surface area contributed by atoms with Gasteiger partial charge in [0.1, 0.15) is 11.8 Å². The minimum atomic E-state index is -0.496. The van der Waals surface area contributed by atoms with E-state index >= 15 is 0 Å². The van der Waals surface area contributed by atoms with Crippen LogP contribution in [0.15, 0.2) is 23.7 Å². The molecule has 1 amide bonds. The zero-order valence-corrected chi connectivity index (χ0v) is 12.1. The molecule has 6 heteroatoms. The van der Waals surface area contributed by atoms with Crippen molar-refractivity contribution in [3.63, 3.8) is 0 Å². The molecule has 0 aliphatic carbocycles. The second kappa shape index (κ2) is 4.67. The van der Waals surface area contributed by atoms with Gasteiger partial charge in [0.05, 0.1) is 12.2 Å². The number of carbonyl (C=O) groups excluding carboxylic acids is 1. The summed E-state index contributed by atoms with van der Waals surface area (Å²) in [6, 6.07) is 1.31. The highest BCUT2D eigenvalue weighted by Gasteiger charge is 2.45. The van der Waals surface area contributed by atoms with Crippen LogP contribution < -0.4 is 0 Å². The van der Waals surface area contributed by atoms with Gasteiger partial charge >= 0.3 is 0 Å². The van der Waals surface area contributed by atoms with Gasteiger partial charge in [-0.25, -0.2) is 0 Å². The summed E-state index contributed by atoms with van der Waals surface area (Å²) < 4.78 is 1.65. The number of carbonyl (C=O) groups is 1. The van der Waals surface area contributed by atoms with Crippen LogP contribution >= 0.6 is 0 Å². The predicted octanol–water partition coefficient (Wildman–Crippen LogP) is 1.51. The molecular formula is C14H18N4O2. The Labute approximate surface area is 117 Å². The average molecular weight is 274 g/mol. The number of hydrogen-bond acceptors (Lipinski definition) is 4. The summed E-state index contributed by atoms with van der Waals surface area (Å²) in [4.78, 5) is 13.8. The fraction of sp³-hybridized carbons (Fsp3) is 0.500. The van der Waals surface area contributed by atoms with Crippen LogP contribution in [0.1, 0.15) is 26.3 Å². The van der Waals surface area contributed by atoms with E-state index in [1.54, 1.807) is 24.0 Å². The third kappa shape index (κ3) is 2.27. The summed E-state index contributed by atoms with van der Waals surface area (Å²) in [6.07, 6.45) is 3.49. The van der Waals surface area contributed by atoms with Gasteiger partial charge in [0.25, 0.3) is 5.91 Å². The first-order valence-corrected chi connectivity index (χ1v) is 6.37. The largest absolute Gasteiger partial charge is 0.508 e. The minimum Gasteiger partial charge on any atom is -0.508 e. The molecule has 1 atom stereocenters. The van der Waals surface area contributed by atoms with Crippen molar-refractivity contribution in [2.24, 2.45) is 12.5 Å². The Bertz CT molecular complexity index is 616. The molecule has 0 unspecified atom stereocenters. The zero-order chi connectivity index (χ0) is 15.1. The summed E-state index contributed by atoms with van der Waals surface area (Å²) in [7, 11) is 1.80. The number of amides is 1. The SMILES string of the molecule is Cn1cc(CN2C(=O)C(C#N)=C(O)[C@@H]2C(C)(C)C)cn1. The molecule has 1 aromatic heterocycles. The van der Waals surface area contributed by atoms with Gasteiger partial charge in [-0.05, 0) is 5.41 Å². The van der Waals surface area contributed by atoms with Crippen molar-refractivity contribution in [3.8, 4) is 6.07 Å². The van der Waals surface area contributed by atoms with Gasteiger partial charge in [-0.3, -0.25) is 9.48 Å². The van der Waals surface area contributed by atoms with Crippen LogP contribution in [0, 0.1) is 16.7 Å². The smallest absolute Gasteiger partial charge is 0.269 e. The summed E-state index contributed by atoms with van der Waals surface area (Å²) in [5, 5.41) is 23.3. The lowest BCUT2D eigenvalue weighted by molar-refractivity contribution is -0.129. The summed E-state index contributed by atoms with van der Waals surface area (Å²) in [6.45, 7) is 6.11. The predicted molar refractivity (Wildman–Crippen MR) is 72.3 cm³/mol. The van der Waals surface area contributed by atoms with Crippen molar-refractivity contribution < 1.29 is 9.90 Å². The molecule has 0 saturated heterocycles. The quantitative estimate of drug-likeness (QED) is 0.886. The molecule has 106 valence electrons. The fourth-order valence-corrected chi connectivity index (χ4v) is 2.55. The van der Waals surface area contributed by atoms with E-state index in [9.17, 15) is 9.90 Å². The van der Waals surface area contributed by atoms with Crippen molar-refractivity contribution in [2.75, 3.05) is 0 Å². The van der Waals surface area contributed by atoms with E-state index in [0.29, 0.717) is 6.54 Å². The Hall–Kier alpha value is -2.29. The van der Waals surface area contributed by atoms with Gasteiger partial charge in [0.2, 0.25) is 0 Å². The van der Waals surface area contributed by atoms with Gasteiger partial charge < -0.3 is 10.0 Å². The van der Waals surface area contributed by atoms with E-state index in [-0.39, 0.29) is 16.7 Å². The monoisotopic (exact) mass is 274 g/mol. The van der Waals surface area contributed by atoms with Crippen molar-refractivity contribution in [1.82, 2.24) is 14.7 Å². The molecule has 1 aromatic rings. The number of nitriles is 1. The van der Waals surface area contributed by atoms with E-state index in [1.165, 1.54) is 4.90 Å². The third-order valence-electron chi connectivity index (χ3n) is 3.34. The van der Waals surface area contributed by atoms with Crippen molar-refractivity contribution in [3.05, 3.63) is 29.3 Å². The molecule has 0 aromatic carbocycles. The molecule has 0 saturated carbocycles. The van der Waals surface area contributed by atoms with Crippen LogP contribution in [-0.2, 0) is 18.4 Å². The lowest BCUT2D eigenvalue weighted by Gasteiger charge is -2.34. The molecule has 20 heavy (non-hydrogen) atoms. The maximum Gasteiger partial charge on any atom is 0.269 e. The van der Waals surface area contributed by atoms with E-state index in [0.717, 1.165) is 5.56 Å². The van der Waals surface area contributed by atoms with Crippen LogP contribution in [0.3, 0.4) is 0 Å². The fourth-order valence-electron chi connectivity index (χ4n) is 2.55. The van der Waals surface area contributed by atoms with Gasteiger partial charge in [0.15, 0.2) is 5.57 Å². The second-order valence-electron chi connectivity index (χ2n) is 6.10. The maximum absolute atomic E-state index is 12.3. The lowest BCUT2D eigenvalue weighted by Crippen LogP contribution is -2.43. The molecule has 2 heterocycles. The van der Waals surface area contributed by atoms with Crippen LogP contribution in [-0.4, -0.2) is 31.7 Å². The summed E-state index contributed by atoms with van der Waals surface area (Å²) in [5.74, 6) is -0.553. The van der Waals surface area contributed by atoms with E-state index in [1.807, 2.05) is 27.0 Å². The third-order valence-corrected chi connectivity index (χ3v) is 3.34. The molecule has 1 aliphatic rings. The first-order valence-electron chi connectivity index (χ1n) is 6.37. The molecule has 6 nitrogen and oxygen atoms in total. The molecule has 1 N–H and O–H groups in total. The highest BCUT2D eigenvalue weighted by atomic mass is 16.3. The Balaban J connectivity index is 2.37. The lowest BCUT2D eigenvalue weighted by atomic mass is 9.85. The average Bonchev–Trinajstić information content (AvgIpc) is 2.82. The minimum absolute atomic E-state index is 0.131. The molecule has 1 aliphatic heterocycles. The number of hydrogen-bond donors (Lipinski definition) is 1. The Morgan fingerprint density at radius 2 is 2.15 bits per heavy atom. The maximum atomic E-state index is 12.3.